The van der Waals surface area contributed by atoms with Crippen LogP contribution < -0.4 is 4.74 Å². The van der Waals surface area contributed by atoms with Gasteiger partial charge in [0.25, 0.3) is 0 Å². The number of methoxy groups -OCH3 is 1. The molecular formula is C12H9BrF2O2S. The first-order chi connectivity index (χ1) is 8.52. The van der Waals surface area contributed by atoms with Gasteiger partial charge >= 0.3 is 0 Å². The van der Waals surface area contributed by atoms with E-state index in [2.05, 4.69) is 15.9 Å². The summed E-state index contributed by atoms with van der Waals surface area (Å²) in [6.45, 7) is 0. The minimum absolute atomic E-state index is 0.0771. The summed E-state index contributed by atoms with van der Waals surface area (Å²) in [5.41, 5.74) is -0.370. The maximum Gasteiger partial charge on any atom is 0.136 e. The second-order valence-electron chi connectivity index (χ2n) is 3.55. The van der Waals surface area contributed by atoms with Gasteiger partial charge in [-0.2, -0.15) is 0 Å². The molecule has 1 aromatic heterocycles. The number of aliphatic hydroxyl groups excluding tert-OH is 1. The SMILES string of the molecule is COc1cc(F)c(C(O)c2ccc(Br)s2)c(F)c1. The Morgan fingerprint density at radius 3 is 2.33 bits per heavy atom. The molecule has 2 nitrogen and oxygen atoms in total. The Kier molecular flexibility index (Phi) is 3.99. The van der Waals surface area contributed by atoms with Gasteiger partial charge in [-0.05, 0) is 28.1 Å². The van der Waals surface area contributed by atoms with E-state index in [1.807, 2.05) is 0 Å². The van der Waals surface area contributed by atoms with E-state index in [9.17, 15) is 13.9 Å². The Hall–Kier alpha value is -0.980. The average Bonchev–Trinajstić information content (AvgIpc) is 2.74. The molecule has 1 atom stereocenters. The normalized spacial score (nSPS) is 12.5. The molecule has 1 unspecified atom stereocenters. The van der Waals surface area contributed by atoms with Gasteiger partial charge in [-0.25, -0.2) is 8.78 Å². The fraction of sp³-hybridized carbons (Fsp3) is 0.167. The van der Waals surface area contributed by atoms with Crippen molar-refractivity contribution >= 4 is 27.3 Å². The molecule has 1 aromatic carbocycles. The van der Waals surface area contributed by atoms with Gasteiger partial charge in [0.15, 0.2) is 0 Å². The predicted molar refractivity (Wildman–Crippen MR) is 69.0 cm³/mol. The molecule has 96 valence electrons. The molecule has 0 fully saturated rings. The summed E-state index contributed by atoms with van der Waals surface area (Å²) in [4.78, 5) is 0.463. The molecule has 6 heteroatoms. The van der Waals surface area contributed by atoms with Gasteiger partial charge in [-0.15, -0.1) is 11.3 Å². The Labute approximate surface area is 115 Å². The number of aliphatic hydroxyl groups is 1. The molecule has 0 aliphatic heterocycles. The first kappa shape index (κ1) is 13.5. The zero-order chi connectivity index (χ0) is 13.3. The van der Waals surface area contributed by atoms with Crippen molar-refractivity contribution in [2.24, 2.45) is 0 Å². The molecule has 0 aliphatic rings. The van der Waals surface area contributed by atoms with Crippen LogP contribution in [0.3, 0.4) is 0 Å². The van der Waals surface area contributed by atoms with Gasteiger partial charge in [0.1, 0.15) is 23.5 Å². The number of thiophene rings is 1. The number of hydrogen-bond acceptors (Lipinski definition) is 3. The third-order valence-corrected chi connectivity index (χ3v) is 4.10. The van der Waals surface area contributed by atoms with E-state index >= 15 is 0 Å². The molecule has 0 spiro atoms. The number of ether oxygens (including phenoxy) is 1. The topological polar surface area (TPSA) is 29.5 Å². The van der Waals surface area contributed by atoms with Crippen LogP contribution in [0.25, 0.3) is 0 Å². The van der Waals surface area contributed by atoms with Crippen molar-refractivity contribution in [3.8, 4) is 5.75 Å². The van der Waals surface area contributed by atoms with E-state index in [-0.39, 0.29) is 11.3 Å². The monoisotopic (exact) mass is 334 g/mol. The molecule has 1 heterocycles. The third kappa shape index (κ3) is 2.55. The fourth-order valence-electron chi connectivity index (χ4n) is 1.56. The maximum absolute atomic E-state index is 13.8. The zero-order valence-electron chi connectivity index (χ0n) is 9.28. The molecule has 0 saturated heterocycles. The molecule has 0 aliphatic carbocycles. The first-order valence-corrected chi connectivity index (χ1v) is 6.60. The number of rotatable bonds is 3. The molecule has 1 N–H and O–H groups in total. The van der Waals surface area contributed by atoms with Crippen molar-refractivity contribution in [1.29, 1.82) is 0 Å². The lowest BCUT2D eigenvalue weighted by Gasteiger charge is -2.12. The summed E-state index contributed by atoms with van der Waals surface area (Å²) in [7, 11) is 1.32. The lowest BCUT2D eigenvalue weighted by Crippen LogP contribution is -2.05. The lowest BCUT2D eigenvalue weighted by atomic mass is 10.1. The van der Waals surface area contributed by atoms with Gasteiger partial charge < -0.3 is 9.84 Å². The van der Waals surface area contributed by atoms with Crippen LogP contribution in [-0.4, -0.2) is 12.2 Å². The average molecular weight is 335 g/mol. The highest BCUT2D eigenvalue weighted by Crippen LogP contribution is 2.34. The first-order valence-electron chi connectivity index (χ1n) is 4.99. The molecule has 2 rings (SSSR count). The maximum atomic E-state index is 13.8. The van der Waals surface area contributed by atoms with E-state index in [0.717, 1.165) is 15.9 Å². The minimum atomic E-state index is -1.33. The zero-order valence-corrected chi connectivity index (χ0v) is 11.7. The number of halogens is 3. The minimum Gasteiger partial charge on any atom is -0.497 e. The number of hydrogen-bond donors (Lipinski definition) is 1. The van der Waals surface area contributed by atoms with Crippen LogP contribution in [-0.2, 0) is 0 Å². The second-order valence-corrected chi connectivity index (χ2v) is 6.04. The van der Waals surface area contributed by atoms with Crippen molar-refractivity contribution in [2.75, 3.05) is 7.11 Å². The van der Waals surface area contributed by atoms with Crippen LogP contribution in [0.4, 0.5) is 8.78 Å². The van der Waals surface area contributed by atoms with Crippen molar-refractivity contribution in [2.45, 2.75) is 6.10 Å². The van der Waals surface area contributed by atoms with Gasteiger partial charge in [-0.3, -0.25) is 0 Å². The van der Waals surface area contributed by atoms with Crippen LogP contribution in [0, 0.1) is 11.6 Å². The molecule has 0 amide bonds. The van der Waals surface area contributed by atoms with Gasteiger partial charge in [0.2, 0.25) is 0 Å². The van der Waals surface area contributed by atoms with Crippen LogP contribution in [0.15, 0.2) is 28.1 Å². The largest absolute Gasteiger partial charge is 0.497 e. The third-order valence-electron chi connectivity index (χ3n) is 2.43. The van der Waals surface area contributed by atoms with Crippen molar-refractivity contribution < 1.29 is 18.6 Å². The molecular weight excluding hydrogens is 326 g/mol. The summed E-state index contributed by atoms with van der Waals surface area (Å²) in [5.74, 6) is -1.58. The van der Waals surface area contributed by atoms with Crippen LogP contribution in [0.5, 0.6) is 5.75 Å². The Morgan fingerprint density at radius 2 is 1.89 bits per heavy atom. The van der Waals surface area contributed by atoms with Crippen LogP contribution in [0.2, 0.25) is 0 Å². The fourth-order valence-corrected chi connectivity index (χ4v) is 2.98. The van der Waals surface area contributed by atoms with E-state index < -0.39 is 17.7 Å². The summed E-state index contributed by atoms with van der Waals surface area (Å²) >= 11 is 4.45. The molecule has 18 heavy (non-hydrogen) atoms. The molecule has 0 bridgehead atoms. The van der Waals surface area contributed by atoms with Gasteiger partial charge in [0.05, 0.1) is 16.5 Å². The highest BCUT2D eigenvalue weighted by atomic mass is 79.9. The highest BCUT2D eigenvalue weighted by molar-refractivity contribution is 9.11. The van der Waals surface area contributed by atoms with Crippen molar-refractivity contribution in [3.05, 3.63) is 50.1 Å². The molecule has 2 aromatic rings. The Morgan fingerprint density at radius 1 is 1.28 bits per heavy atom. The standard InChI is InChI=1S/C12H9BrF2O2S/c1-17-6-4-7(14)11(8(15)5-6)12(16)9-2-3-10(13)18-9/h2-5,12,16H,1H3. The van der Waals surface area contributed by atoms with E-state index in [0.29, 0.717) is 4.88 Å². The molecule has 0 saturated carbocycles. The van der Waals surface area contributed by atoms with E-state index in [1.54, 1.807) is 12.1 Å². The Balaban J connectivity index is 2.44. The second kappa shape index (κ2) is 5.34. The van der Waals surface area contributed by atoms with Crippen molar-refractivity contribution in [1.82, 2.24) is 0 Å². The highest BCUT2D eigenvalue weighted by Gasteiger charge is 2.22. The van der Waals surface area contributed by atoms with Crippen LogP contribution in [0.1, 0.15) is 16.5 Å². The lowest BCUT2D eigenvalue weighted by molar-refractivity contribution is 0.212. The van der Waals surface area contributed by atoms with Crippen molar-refractivity contribution in [3.63, 3.8) is 0 Å². The van der Waals surface area contributed by atoms with E-state index in [1.165, 1.54) is 18.4 Å². The number of benzene rings is 1. The van der Waals surface area contributed by atoms with Gasteiger partial charge in [0, 0.05) is 17.0 Å². The predicted octanol–water partition coefficient (Wildman–Crippen LogP) is 3.88. The summed E-state index contributed by atoms with van der Waals surface area (Å²) < 4.78 is 33.0. The smallest absolute Gasteiger partial charge is 0.136 e. The Bertz CT molecular complexity index is 548. The quantitative estimate of drug-likeness (QED) is 0.922. The van der Waals surface area contributed by atoms with Gasteiger partial charge in [-0.1, -0.05) is 0 Å². The van der Waals surface area contributed by atoms with E-state index in [4.69, 9.17) is 4.74 Å². The summed E-state index contributed by atoms with van der Waals surface area (Å²) in [5, 5.41) is 10.00. The summed E-state index contributed by atoms with van der Waals surface area (Å²) in [6.07, 6.45) is -1.33. The summed E-state index contributed by atoms with van der Waals surface area (Å²) in [6, 6.07) is 5.42. The molecule has 0 radical (unpaired) electrons. The van der Waals surface area contributed by atoms with Crippen LogP contribution >= 0.6 is 27.3 Å².